The van der Waals surface area contributed by atoms with Gasteiger partial charge >= 0.3 is 0 Å². The van der Waals surface area contributed by atoms with E-state index in [0.29, 0.717) is 5.82 Å². The Morgan fingerprint density at radius 2 is 2.05 bits per heavy atom. The summed E-state index contributed by atoms with van der Waals surface area (Å²) in [6, 6.07) is 10.7. The Morgan fingerprint density at radius 3 is 2.90 bits per heavy atom. The third-order valence-corrected chi connectivity index (χ3v) is 4.91. The Labute approximate surface area is 121 Å². The Hall–Kier alpha value is -2.05. The molecule has 0 aliphatic carbocycles. The van der Waals surface area contributed by atoms with E-state index in [1.807, 2.05) is 23.6 Å². The van der Waals surface area contributed by atoms with Gasteiger partial charge in [0.15, 0.2) is 11.6 Å². The summed E-state index contributed by atoms with van der Waals surface area (Å²) in [6.07, 6.45) is 0. The molecule has 4 rings (SSSR count). The SMILES string of the molecule is Fc1ccc2cc(-c3n[nH]c(-c4cccs4)n3)sc2c1. The molecule has 3 aromatic heterocycles. The highest BCUT2D eigenvalue weighted by molar-refractivity contribution is 7.22. The Kier molecular flexibility index (Phi) is 2.64. The van der Waals surface area contributed by atoms with Crippen LogP contribution < -0.4 is 0 Å². The molecule has 3 nitrogen and oxygen atoms in total. The third kappa shape index (κ3) is 1.93. The van der Waals surface area contributed by atoms with Crippen LogP contribution >= 0.6 is 22.7 Å². The quantitative estimate of drug-likeness (QED) is 0.590. The van der Waals surface area contributed by atoms with Crippen molar-refractivity contribution in [1.29, 1.82) is 0 Å². The van der Waals surface area contributed by atoms with Crippen molar-refractivity contribution in [3.8, 4) is 21.4 Å². The molecule has 0 aliphatic heterocycles. The number of fused-ring (bicyclic) bond motifs is 1. The standard InChI is InChI=1S/C14H8FN3S2/c15-9-4-3-8-6-12(20-11(8)7-9)14-16-13(17-18-14)10-2-1-5-19-10/h1-7H,(H,16,17,18). The van der Waals surface area contributed by atoms with Gasteiger partial charge in [0.05, 0.1) is 9.75 Å². The van der Waals surface area contributed by atoms with Crippen LogP contribution in [0, 0.1) is 5.82 Å². The number of H-pyrrole nitrogens is 1. The summed E-state index contributed by atoms with van der Waals surface area (Å²) < 4.78 is 14.1. The van der Waals surface area contributed by atoms with Crippen molar-refractivity contribution in [2.24, 2.45) is 0 Å². The predicted octanol–water partition coefficient (Wildman–Crippen LogP) is 4.55. The van der Waals surface area contributed by atoms with Gasteiger partial charge in [-0.25, -0.2) is 9.37 Å². The van der Waals surface area contributed by atoms with Gasteiger partial charge in [-0.2, -0.15) is 5.10 Å². The van der Waals surface area contributed by atoms with Crippen LogP contribution in [0.5, 0.6) is 0 Å². The molecule has 1 N–H and O–H groups in total. The summed E-state index contributed by atoms with van der Waals surface area (Å²) in [5.41, 5.74) is 0. The van der Waals surface area contributed by atoms with Crippen LogP contribution in [0.25, 0.3) is 31.5 Å². The molecule has 0 amide bonds. The summed E-state index contributed by atoms with van der Waals surface area (Å²) in [7, 11) is 0. The van der Waals surface area contributed by atoms with Crippen LogP contribution in [-0.4, -0.2) is 15.2 Å². The zero-order valence-electron chi connectivity index (χ0n) is 10.1. The molecule has 6 heteroatoms. The molecule has 4 aromatic rings. The van der Waals surface area contributed by atoms with Gasteiger partial charge in [-0.1, -0.05) is 12.1 Å². The van der Waals surface area contributed by atoms with Gasteiger partial charge in [-0.3, -0.25) is 5.10 Å². The normalized spacial score (nSPS) is 11.2. The van der Waals surface area contributed by atoms with Crippen LogP contribution in [0.4, 0.5) is 4.39 Å². The fraction of sp³-hybridized carbons (Fsp3) is 0. The highest BCUT2D eigenvalue weighted by Gasteiger charge is 2.11. The zero-order chi connectivity index (χ0) is 13.5. The van der Waals surface area contributed by atoms with Crippen molar-refractivity contribution in [2.45, 2.75) is 0 Å². The Bertz CT molecular complexity index is 877. The molecule has 0 radical (unpaired) electrons. The summed E-state index contributed by atoms with van der Waals surface area (Å²) in [5.74, 6) is 1.19. The molecule has 0 spiro atoms. The van der Waals surface area contributed by atoms with Gasteiger partial charge in [-0.05, 0) is 35.0 Å². The number of nitrogens with zero attached hydrogens (tertiary/aromatic N) is 2. The molecule has 98 valence electrons. The molecular formula is C14H8FN3S2. The number of benzene rings is 1. The third-order valence-electron chi connectivity index (χ3n) is 2.94. The molecule has 20 heavy (non-hydrogen) atoms. The van der Waals surface area contributed by atoms with Gasteiger partial charge in [-0.15, -0.1) is 22.7 Å². The highest BCUT2D eigenvalue weighted by Crippen LogP contribution is 2.33. The maximum atomic E-state index is 13.2. The molecule has 0 fully saturated rings. The molecule has 0 saturated carbocycles. The molecule has 0 atom stereocenters. The Morgan fingerprint density at radius 1 is 1.10 bits per heavy atom. The lowest BCUT2D eigenvalue weighted by atomic mass is 10.2. The number of aromatic amines is 1. The second kappa shape index (κ2) is 4.50. The first-order valence-corrected chi connectivity index (χ1v) is 7.65. The summed E-state index contributed by atoms with van der Waals surface area (Å²) in [4.78, 5) is 6.49. The van der Waals surface area contributed by atoms with Gasteiger partial charge in [0.25, 0.3) is 0 Å². The first-order valence-electron chi connectivity index (χ1n) is 5.95. The summed E-state index contributed by atoms with van der Waals surface area (Å²) in [5, 5.41) is 10.2. The first-order chi connectivity index (χ1) is 9.79. The fourth-order valence-electron chi connectivity index (χ4n) is 2.01. The lowest BCUT2D eigenvalue weighted by Crippen LogP contribution is -1.74. The minimum atomic E-state index is -0.222. The van der Waals surface area contributed by atoms with E-state index in [0.717, 1.165) is 25.7 Å². The minimum absolute atomic E-state index is 0.222. The predicted molar refractivity (Wildman–Crippen MR) is 80.5 cm³/mol. The highest BCUT2D eigenvalue weighted by atomic mass is 32.1. The first kappa shape index (κ1) is 11.7. The van der Waals surface area contributed by atoms with Gasteiger partial charge in [0, 0.05) is 4.70 Å². The molecule has 0 bridgehead atoms. The molecule has 0 saturated heterocycles. The van der Waals surface area contributed by atoms with E-state index < -0.39 is 0 Å². The topological polar surface area (TPSA) is 41.6 Å². The van der Waals surface area contributed by atoms with Crippen LogP contribution in [0.3, 0.4) is 0 Å². The van der Waals surface area contributed by atoms with E-state index >= 15 is 0 Å². The van der Waals surface area contributed by atoms with Crippen molar-refractivity contribution in [3.63, 3.8) is 0 Å². The second-order valence-corrected chi connectivity index (χ2v) is 6.31. The van der Waals surface area contributed by atoms with Crippen LogP contribution in [0.2, 0.25) is 0 Å². The maximum Gasteiger partial charge on any atom is 0.191 e. The average molecular weight is 301 g/mol. The van der Waals surface area contributed by atoms with Crippen molar-refractivity contribution < 1.29 is 4.39 Å². The van der Waals surface area contributed by atoms with E-state index in [-0.39, 0.29) is 5.82 Å². The maximum absolute atomic E-state index is 13.2. The van der Waals surface area contributed by atoms with E-state index in [9.17, 15) is 4.39 Å². The number of hydrogen-bond donors (Lipinski definition) is 1. The van der Waals surface area contributed by atoms with Crippen LogP contribution in [0.15, 0.2) is 41.8 Å². The van der Waals surface area contributed by atoms with Crippen molar-refractivity contribution >= 4 is 32.8 Å². The molecule has 0 aliphatic rings. The monoisotopic (exact) mass is 301 g/mol. The number of nitrogens with one attached hydrogen (secondary N) is 1. The lowest BCUT2D eigenvalue weighted by molar-refractivity contribution is 0.630. The molecular weight excluding hydrogens is 293 g/mol. The van der Waals surface area contributed by atoms with Crippen molar-refractivity contribution in [2.75, 3.05) is 0 Å². The minimum Gasteiger partial charge on any atom is -0.258 e. The number of halogens is 1. The van der Waals surface area contributed by atoms with Gasteiger partial charge < -0.3 is 0 Å². The molecule has 3 heterocycles. The number of rotatable bonds is 2. The lowest BCUT2D eigenvalue weighted by Gasteiger charge is -1.86. The zero-order valence-corrected chi connectivity index (χ0v) is 11.8. The fourth-order valence-corrected chi connectivity index (χ4v) is 3.70. The van der Waals surface area contributed by atoms with Crippen molar-refractivity contribution in [3.05, 3.63) is 47.6 Å². The van der Waals surface area contributed by atoms with Gasteiger partial charge in [0.1, 0.15) is 5.82 Å². The molecule has 0 unspecified atom stereocenters. The van der Waals surface area contributed by atoms with E-state index in [1.54, 1.807) is 17.4 Å². The van der Waals surface area contributed by atoms with Crippen LogP contribution in [0.1, 0.15) is 0 Å². The van der Waals surface area contributed by atoms with Crippen molar-refractivity contribution in [1.82, 2.24) is 15.2 Å². The Balaban J connectivity index is 1.79. The average Bonchev–Trinajstić information content (AvgIpc) is 3.17. The smallest absolute Gasteiger partial charge is 0.191 e. The van der Waals surface area contributed by atoms with E-state index in [2.05, 4.69) is 15.2 Å². The summed E-state index contributed by atoms with van der Waals surface area (Å²) in [6.45, 7) is 0. The summed E-state index contributed by atoms with van der Waals surface area (Å²) >= 11 is 3.11. The second-order valence-electron chi connectivity index (χ2n) is 4.28. The van der Waals surface area contributed by atoms with Crippen LogP contribution in [-0.2, 0) is 0 Å². The molecule has 1 aromatic carbocycles. The number of aromatic nitrogens is 3. The number of thiophene rings is 2. The van der Waals surface area contributed by atoms with E-state index in [4.69, 9.17) is 0 Å². The van der Waals surface area contributed by atoms with E-state index in [1.165, 1.54) is 23.5 Å². The number of hydrogen-bond acceptors (Lipinski definition) is 4. The van der Waals surface area contributed by atoms with Gasteiger partial charge in [0.2, 0.25) is 0 Å². The largest absolute Gasteiger partial charge is 0.258 e.